The zero-order chi connectivity index (χ0) is 16.7. The van der Waals surface area contributed by atoms with Crippen molar-refractivity contribution >= 4 is 28.2 Å². The Morgan fingerprint density at radius 2 is 1.96 bits per heavy atom. The Bertz CT molecular complexity index is 1100. The van der Waals surface area contributed by atoms with Crippen molar-refractivity contribution in [2.75, 3.05) is 6.54 Å². The summed E-state index contributed by atoms with van der Waals surface area (Å²) in [5, 5.41) is 7.59. The Morgan fingerprint density at radius 3 is 2.88 bits per heavy atom. The fraction of sp³-hybridized carbons (Fsp3) is 0.200. The van der Waals surface area contributed by atoms with Crippen LogP contribution in [0, 0.1) is 0 Å². The molecule has 0 spiro atoms. The van der Waals surface area contributed by atoms with Gasteiger partial charge in [0.25, 0.3) is 5.91 Å². The van der Waals surface area contributed by atoms with Gasteiger partial charge in [-0.25, -0.2) is 0 Å². The van der Waals surface area contributed by atoms with Gasteiger partial charge in [0, 0.05) is 28.7 Å². The van der Waals surface area contributed by atoms with Crippen molar-refractivity contribution in [3.63, 3.8) is 0 Å². The van der Waals surface area contributed by atoms with Crippen LogP contribution in [0.15, 0.2) is 53.1 Å². The highest BCUT2D eigenvalue weighted by molar-refractivity contribution is 6.15. The standard InChI is InChI=1S/C20H15N3O2/c24-13-7-3-5-10-15-16-11(8-21-20(16)25)14-9-4-1-2-6-12(9)22-18(14)19(15)23-17(10)13/h1-4,6-7,17,19,22-23H,5,8H2,(H,21,25). The molecule has 0 bridgehead atoms. The number of rotatable bonds is 0. The molecular weight excluding hydrogens is 314 g/mol. The van der Waals surface area contributed by atoms with Gasteiger partial charge in [0.1, 0.15) is 0 Å². The zero-order valence-corrected chi connectivity index (χ0v) is 13.3. The van der Waals surface area contributed by atoms with Crippen LogP contribution in [0.3, 0.4) is 0 Å². The number of nitrogens with one attached hydrogen (secondary N) is 3. The van der Waals surface area contributed by atoms with E-state index in [0.717, 1.165) is 50.9 Å². The molecule has 3 N–H and O–H groups in total. The number of hydrogen-bond donors (Lipinski definition) is 3. The van der Waals surface area contributed by atoms with Crippen LogP contribution in [0.4, 0.5) is 0 Å². The van der Waals surface area contributed by atoms with Crippen molar-refractivity contribution in [1.29, 1.82) is 0 Å². The Labute approximate surface area is 143 Å². The van der Waals surface area contributed by atoms with Crippen LogP contribution in [0.2, 0.25) is 0 Å². The highest BCUT2D eigenvalue weighted by atomic mass is 16.2. The number of carbonyl (C=O) groups is 2. The predicted molar refractivity (Wildman–Crippen MR) is 93.7 cm³/mol. The minimum absolute atomic E-state index is 0.0251. The highest BCUT2D eigenvalue weighted by Gasteiger charge is 2.47. The van der Waals surface area contributed by atoms with Gasteiger partial charge in [-0.3, -0.25) is 14.9 Å². The molecule has 5 nitrogen and oxygen atoms in total. The average molecular weight is 329 g/mol. The molecule has 0 radical (unpaired) electrons. The number of carbonyl (C=O) groups excluding carboxylic acids is 2. The Balaban J connectivity index is 1.71. The maximum absolute atomic E-state index is 12.6. The molecule has 5 heteroatoms. The molecule has 122 valence electrons. The molecule has 0 fully saturated rings. The summed E-state index contributed by atoms with van der Waals surface area (Å²) in [5.41, 5.74) is 7.13. The first kappa shape index (κ1) is 13.4. The number of H-pyrrole nitrogens is 1. The fourth-order valence-electron chi connectivity index (χ4n) is 4.79. The van der Waals surface area contributed by atoms with E-state index in [1.807, 2.05) is 18.2 Å². The van der Waals surface area contributed by atoms with Crippen LogP contribution < -0.4 is 10.6 Å². The molecular formula is C20H15N3O2. The van der Waals surface area contributed by atoms with E-state index in [1.54, 1.807) is 6.08 Å². The summed E-state index contributed by atoms with van der Waals surface area (Å²) in [6, 6.07) is 7.72. The number of aromatic nitrogens is 1. The van der Waals surface area contributed by atoms with Crippen LogP contribution >= 0.6 is 0 Å². The summed E-state index contributed by atoms with van der Waals surface area (Å²) >= 11 is 0. The van der Waals surface area contributed by atoms with Gasteiger partial charge < -0.3 is 10.3 Å². The first-order chi connectivity index (χ1) is 12.2. The maximum Gasteiger partial charge on any atom is 0.252 e. The van der Waals surface area contributed by atoms with Crippen LogP contribution in [0.25, 0.3) is 16.5 Å². The van der Waals surface area contributed by atoms with Crippen LogP contribution in [0.1, 0.15) is 23.7 Å². The van der Waals surface area contributed by atoms with E-state index in [1.165, 1.54) is 0 Å². The lowest BCUT2D eigenvalue weighted by Gasteiger charge is -2.23. The van der Waals surface area contributed by atoms with Gasteiger partial charge in [-0.2, -0.15) is 0 Å². The van der Waals surface area contributed by atoms with Gasteiger partial charge in [-0.1, -0.05) is 24.3 Å². The molecule has 4 aliphatic rings. The largest absolute Gasteiger partial charge is 0.356 e. The topological polar surface area (TPSA) is 74.0 Å². The number of allylic oxidation sites excluding steroid dienone is 1. The second kappa shape index (κ2) is 4.37. The number of fused-ring (bicyclic) bond motifs is 8. The first-order valence-corrected chi connectivity index (χ1v) is 8.56. The molecule has 2 atom stereocenters. The summed E-state index contributed by atoms with van der Waals surface area (Å²) in [6.45, 7) is 0.543. The second-order valence-corrected chi connectivity index (χ2v) is 6.98. The summed E-state index contributed by atoms with van der Waals surface area (Å²) in [4.78, 5) is 28.5. The van der Waals surface area contributed by atoms with Gasteiger partial charge in [0.2, 0.25) is 0 Å². The zero-order valence-electron chi connectivity index (χ0n) is 13.3. The molecule has 2 aliphatic heterocycles. The number of ketones is 1. The van der Waals surface area contributed by atoms with Gasteiger partial charge in [0.15, 0.2) is 5.78 Å². The highest BCUT2D eigenvalue weighted by Crippen LogP contribution is 2.50. The van der Waals surface area contributed by atoms with E-state index in [9.17, 15) is 9.59 Å². The minimum atomic E-state index is -0.315. The monoisotopic (exact) mass is 329 g/mol. The number of aromatic amines is 1. The molecule has 0 saturated carbocycles. The van der Waals surface area contributed by atoms with Crippen LogP contribution in [0.5, 0.6) is 0 Å². The predicted octanol–water partition coefficient (Wildman–Crippen LogP) is 1.90. The lowest BCUT2D eigenvalue weighted by molar-refractivity contribution is -0.117. The molecule has 1 amide bonds. The van der Waals surface area contributed by atoms with E-state index in [2.05, 4.69) is 27.8 Å². The van der Waals surface area contributed by atoms with E-state index in [0.29, 0.717) is 6.54 Å². The van der Waals surface area contributed by atoms with Gasteiger partial charge >= 0.3 is 0 Å². The number of para-hydroxylation sites is 1. The lowest BCUT2D eigenvalue weighted by atomic mass is 9.80. The van der Waals surface area contributed by atoms with Crippen molar-refractivity contribution in [3.8, 4) is 0 Å². The minimum Gasteiger partial charge on any atom is -0.356 e. The number of hydrogen-bond acceptors (Lipinski definition) is 3. The van der Waals surface area contributed by atoms with E-state index < -0.39 is 0 Å². The quantitative estimate of drug-likeness (QED) is 0.691. The summed E-state index contributed by atoms with van der Waals surface area (Å²) in [7, 11) is 0. The lowest BCUT2D eigenvalue weighted by Crippen LogP contribution is -2.36. The van der Waals surface area contributed by atoms with Gasteiger partial charge in [-0.15, -0.1) is 0 Å². The second-order valence-electron chi connectivity index (χ2n) is 6.98. The smallest absolute Gasteiger partial charge is 0.252 e. The van der Waals surface area contributed by atoms with Crippen molar-refractivity contribution in [3.05, 3.63) is 64.4 Å². The normalized spacial score (nSPS) is 26.7. The van der Waals surface area contributed by atoms with Crippen molar-refractivity contribution < 1.29 is 9.59 Å². The summed E-state index contributed by atoms with van der Waals surface area (Å²) < 4.78 is 0. The molecule has 1 aromatic heterocycles. The molecule has 6 rings (SSSR count). The van der Waals surface area contributed by atoms with E-state index in [-0.39, 0.29) is 23.8 Å². The van der Waals surface area contributed by atoms with E-state index >= 15 is 0 Å². The Kier molecular flexibility index (Phi) is 2.34. The molecule has 2 unspecified atom stereocenters. The Morgan fingerprint density at radius 1 is 1.08 bits per heavy atom. The molecule has 3 heterocycles. The maximum atomic E-state index is 12.6. The third kappa shape index (κ3) is 1.52. The molecule has 1 aromatic carbocycles. The SMILES string of the molecule is O=C1NCC2=C1C1=C3CC=CC(=O)C3NC1c1[nH]c3ccccc3c12. The molecule has 0 saturated heterocycles. The van der Waals surface area contributed by atoms with E-state index in [4.69, 9.17) is 0 Å². The Hall–Kier alpha value is -2.92. The molecule has 2 aromatic rings. The van der Waals surface area contributed by atoms with Crippen LogP contribution in [-0.4, -0.2) is 29.3 Å². The van der Waals surface area contributed by atoms with Crippen LogP contribution in [-0.2, 0) is 9.59 Å². The molecule has 25 heavy (non-hydrogen) atoms. The summed E-state index contributed by atoms with van der Waals surface area (Å²) in [5.74, 6) is 0.0456. The van der Waals surface area contributed by atoms with Gasteiger partial charge in [0.05, 0.1) is 17.7 Å². The fourth-order valence-corrected chi connectivity index (χ4v) is 4.79. The van der Waals surface area contributed by atoms with Gasteiger partial charge in [-0.05, 0) is 35.3 Å². The number of amides is 1. The van der Waals surface area contributed by atoms with Crippen molar-refractivity contribution in [1.82, 2.24) is 15.6 Å². The third-order valence-corrected chi connectivity index (χ3v) is 5.77. The molecule has 2 aliphatic carbocycles. The average Bonchev–Trinajstić information content (AvgIpc) is 3.28. The third-order valence-electron chi connectivity index (χ3n) is 5.77. The number of benzene rings is 1. The summed E-state index contributed by atoms with van der Waals surface area (Å²) in [6.07, 6.45) is 4.27. The van der Waals surface area contributed by atoms with Crippen molar-refractivity contribution in [2.45, 2.75) is 18.5 Å². The first-order valence-electron chi connectivity index (χ1n) is 8.56. The van der Waals surface area contributed by atoms with Crippen molar-refractivity contribution in [2.24, 2.45) is 0 Å².